The van der Waals surface area contributed by atoms with Crippen molar-refractivity contribution in [3.63, 3.8) is 0 Å². The second kappa shape index (κ2) is 8.79. The zero-order chi connectivity index (χ0) is 22.1. The maximum atomic E-state index is 13.5. The van der Waals surface area contributed by atoms with E-state index in [0.717, 1.165) is 26.6 Å². The Balaban J connectivity index is 1.81. The Hall–Kier alpha value is -2.73. The fourth-order valence-electron chi connectivity index (χ4n) is 3.21. The predicted octanol–water partition coefficient (Wildman–Crippen LogP) is 6.60. The Morgan fingerprint density at radius 2 is 1.61 bits per heavy atom. The normalized spacial score (nSPS) is 13.9. The Kier molecular flexibility index (Phi) is 6.10. The van der Waals surface area contributed by atoms with Gasteiger partial charge in [-0.2, -0.15) is 0 Å². The van der Waals surface area contributed by atoms with Crippen molar-refractivity contribution in [1.29, 1.82) is 0 Å². The minimum Gasteiger partial charge on any atom is -0.350 e. The number of aryl methyl sites for hydroxylation is 2. The van der Waals surface area contributed by atoms with E-state index in [-0.39, 0.29) is 21.4 Å². The zero-order valence-electron chi connectivity index (χ0n) is 16.8. The topological polar surface area (TPSA) is 49.4 Å². The van der Waals surface area contributed by atoms with E-state index in [1.54, 1.807) is 18.2 Å². The maximum absolute atomic E-state index is 13.5. The third-order valence-electron chi connectivity index (χ3n) is 4.83. The number of carbonyl (C=O) groups excluding carboxylic acids is 2. The van der Waals surface area contributed by atoms with Crippen LogP contribution in [0.3, 0.4) is 0 Å². The summed E-state index contributed by atoms with van der Waals surface area (Å²) in [4.78, 5) is 29.1. The number of anilines is 2. The lowest BCUT2D eigenvalue weighted by atomic mass is 10.1. The molecule has 0 aliphatic carbocycles. The summed E-state index contributed by atoms with van der Waals surface area (Å²) < 4.78 is 0. The van der Waals surface area contributed by atoms with Gasteiger partial charge in [-0.25, -0.2) is 4.90 Å². The number of halogens is 2. The number of nitrogens with one attached hydrogen (secondary N) is 1. The maximum Gasteiger partial charge on any atom is 0.283 e. The number of nitrogens with zero attached hydrogens (tertiary/aromatic N) is 1. The van der Waals surface area contributed by atoms with Crippen molar-refractivity contribution < 1.29 is 9.59 Å². The summed E-state index contributed by atoms with van der Waals surface area (Å²) in [5, 5.41) is 3.63. The molecule has 3 aromatic rings. The van der Waals surface area contributed by atoms with Crippen LogP contribution in [0.2, 0.25) is 10.0 Å². The smallest absolute Gasteiger partial charge is 0.283 e. The lowest BCUT2D eigenvalue weighted by Gasteiger charge is -2.17. The summed E-state index contributed by atoms with van der Waals surface area (Å²) in [6, 6.07) is 20.2. The van der Waals surface area contributed by atoms with Crippen LogP contribution in [0, 0.1) is 13.8 Å². The second-order valence-electron chi connectivity index (χ2n) is 7.08. The largest absolute Gasteiger partial charge is 0.350 e. The van der Waals surface area contributed by atoms with Gasteiger partial charge in [-0.3, -0.25) is 9.59 Å². The molecule has 31 heavy (non-hydrogen) atoms. The number of imide groups is 1. The van der Waals surface area contributed by atoms with E-state index in [4.69, 9.17) is 23.2 Å². The molecule has 0 saturated heterocycles. The average Bonchev–Trinajstić information content (AvgIpc) is 2.97. The molecule has 0 saturated carbocycles. The van der Waals surface area contributed by atoms with Gasteiger partial charge in [0.15, 0.2) is 0 Å². The molecule has 1 aliphatic rings. The third-order valence-corrected chi connectivity index (χ3v) is 6.73. The molecule has 1 heterocycles. The molecule has 0 radical (unpaired) electrons. The van der Waals surface area contributed by atoms with Crippen LogP contribution in [0.15, 0.2) is 82.2 Å². The van der Waals surface area contributed by atoms with Crippen molar-refractivity contribution >= 4 is 58.2 Å². The van der Waals surface area contributed by atoms with E-state index in [0.29, 0.717) is 4.91 Å². The highest BCUT2D eigenvalue weighted by Gasteiger charge is 2.41. The fourth-order valence-corrected chi connectivity index (χ4v) is 4.54. The Morgan fingerprint density at radius 1 is 0.871 bits per heavy atom. The van der Waals surface area contributed by atoms with Crippen molar-refractivity contribution in [3.8, 4) is 0 Å². The summed E-state index contributed by atoms with van der Waals surface area (Å²) in [5.74, 6) is -0.927. The standard InChI is InChI=1S/C24H18Cl2N2O2S/c1-14-11-12-15(2)18(13-14)27-21-22(31-16-7-4-3-5-8-16)24(30)28(23(21)29)19-10-6-9-17(25)20(19)26/h3-13,27H,1-2H3. The number of hydrogen-bond donors (Lipinski definition) is 1. The van der Waals surface area contributed by atoms with Crippen LogP contribution in [0.1, 0.15) is 11.1 Å². The molecule has 1 N–H and O–H groups in total. The summed E-state index contributed by atoms with van der Waals surface area (Å²) in [7, 11) is 0. The second-order valence-corrected chi connectivity index (χ2v) is 8.95. The van der Waals surface area contributed by atoms with Gasteiger partial charge in [0.1, 0.15) is 10.6 Å². The summed E-state index contributed by atoms with van der Waals surface area (Å²) >= 11 is 13.7. The van der Waals surface area contributed by atoms with Crippen LogP contribution in [-0.4, -0.2) is 11.8 Å². The Labute approximate surface area is 194 Å². The van der Waals surface area contributed by atoms with E-state index >= 15 is 0 Å². The number of rotatable bonds is 5. The molecular formula is C24H18Cl2N2O2S. The lowest BCUT2D eigenvalue weighted by Crippen LogP contribution is -2.32. The van der Waals surface area contributed by atoms with E-state index in [1.807, 2.05) is 62.4 Å². The molecule has 0 fully saturated rings. The molecule has 4 nitrogen and oxygen atoms in total. The predicted molar refractivity (Wildman–Crippen MR) is 128 cm³/mol. The minimum absolute atomic E-state index is 0.155. The first kappa shape index (κ1) is 21.5. The number of carbonyl (C=O) groups is 2. The van der Waals surface area contributed by atoms with E-state index in [2.05, 4.69) is 5.32 Å². The number of benzene rings is 3. The molecule has 4 rings (SSSR count). The highest BCUT2D eigenvalue weighted by Crippen LogP contribution is 2.41. The van der Waals surface area contributed by atoms with Gasteiger partial charge in [-0.1, -0.05) is 71.4 Å². The van der Waals surface area contributed by atoms with Crippen molar-refractivity contribution in [3.05, 3.63) is 98.5 Å². The molecule has 0 aromatic heterocycles. The van der Waals surface area contributed by atoms with Gasteiger partial charge >= 0.3 is 0 Å². The molecule has 156 valence electrons. The average molecular weight is 469 g/mol. The molecule has 7 heteroatoms. The Morgan fingerprint density at radius 3 is 2.35 bits per heavy atom. The molecule has 0 bridgehead atoms. The first-order valence-electron chi connectivity index (χ1n) is 9.51. The van der Waals surface area contributed by atoms with Gasteiger partial charge in [0, 0.05) is 10.6 Å². The van der Waals surface area contributed by atoms with Gasteiger partial charge in [-0.05, 0) is 55.3 Å². The van der Waals surface area contributed by atoms with Gasteiger partial charge in [-0.15, -0.1) is 0 Å². The molecule has 2 amide bonds. The fraction of sp³-hybridized carbons (Fsp3) is 0.0833. The van der Waals surface area contributed by atoms with Gasteiger partial charge in [0.25, 0.3) is 11.8 Å². The first-order valence-corrected chi connectivity index (χ1v) is 11.1. The van der Waals surface area contributed by atoms with E-state index < -0.39 is 11.8 Å². The Bertz CT molecular complexity index is 1230. The van der Waals surface area contributed by atoms with Crippen LogP contribution >= 0.6 is 35.0 Å². The zero-order valence-corrected chi connectivity index (χ0v) is 19.1. The van der Waals surface area contributed by atoms with Crippen molar-refractivity contribution in [1.82, 2.24) is 0 Å². The SMILES string of the molecule is Cc1ccc(C)c(NC2=C(Sc3ccccc3)C(=O)N(c3cccc(Cl)c3Cl)C2=O)c1. The van der Waals surface area contributed by atoms with Crippen molar-refractivity contribution in [2.45, 2.75) is 18.7 Å². The number of thioether (sulfide) groups is 1. The first-order chi connectivity index (χ1) is 14.9. The quantitative estimate of drug-likeness (QED) is 0.428. The minimum atomic E-state index is -0.478. The molecule has 3 aromatic carbocycles. The highest BCUT2D eigenvalue weighted by atomic mass is 35.5. The highest BCUT2D eigenvalue weighted by molar-refractivity contribution is 8.04. The molecule has 1 aliphatic heterocycles. The number of hydrogen-bond acceptors (Lipinski definition) is 4. The molecular weight excluding hydrogens is 451 g/mol. The summed E-state index contributed by atoms with van der Waals surface area (Å²) in [6.45, 7) is 3.91. The van der Waals surface area contributed by atoms with E-state index in [1.165, 1.54) is 11.8 Å². The van der Waals surface area contributed by atoms with Crippen LogP contribution in [-0.2, 0) is 9.59 Å². The molecule has 0 spiro atoms. The van der Waals surface area contributed by atoms with Gasteiger partial charge in [0.05, 0.1) is 15.7 Å². The van der Waals surface area contributed by atoms with Crippen molar-refractivity contribution in [2.24, 2.45) is 0 Å². The lowest BCUT2D eigenvalue weighted by molar-refractivity contribution is -0.120. The van der Waals surface area contributed by atoms with Gasteiger partial charge < -0.3 is 5.32 Å². The monoisotopic (exact) mass is 468 g/mol. The van der Waals surface area contributed by atoms with Crippen molar-refractivity contribution in [2.75, 3.05) is 10.2 Å². The molecule has 0 unspecified atom stereocenters. The van der Waals surface area contributed by atoms with E-state index in [9.17, 15) is 9.59 Å². The van der Waals surface area contributed by atoms with Crippen LogP contribution in [0.4, 0.5) is 11.4 Å². The van der Waals surface area contributed by atoms with Gasteiger partial charge in [0.2, 0.25) is 0 Å². The molecule has 0 atom stereocenters. The van der Waals surface area contributed by atoms with Crippen LogP contribution < -0.4 is 10.2 Å². The third kappa shape index (κ3) is 4.22. The van der Waals surface area contributed by atoms with Crippen LogP contribution in [0.25, 0.3) is 0 Å². The van der Waals surface area contributed by atoms with Crippen LogP contribution in [0.5, 0.6) is 0 Å². The summed E-state index contributed by atoms with van der Waals surface area (Å²) in [6.07, 6.45) is 0. The summed E-state index contributed by atoms with van der Waals surface area (Å²) in [5.41, 5.74) is 3.23. The number of amides is 2.